The first-order valence-electron chi connectivity index (χ1n) is 7.36. The molecular weight excluding hydrogens is 238 g/mol. The molecule has 3 rings (SSSR count). The highest BCUT2D eigenvalue weighted by Crippen LogP contribution is 2.35. The fraction of sp³-hybridized carbons (Fsp3) is 0.714. The zero-order chi connectivity index (χ0) is 13.2. The number of fused-ring (bicyclic) bond motifs is 2. The molecule has 0 bridgehead atoms. The van der Waals surface area contributed by atoms with Crippen LogP contribution in [0.2, 0.25) is 0 Å². The Morgan fingerprint density at radius 1 is 1.42 bits per heavy atom. The molecule has 5 heteroatoms. The summed E-state index contributed by atoms with van der Waals surface area (Å²) in [4.78, 5) is 13.8. The van der Waals surface area contributed by atoms with Gasteiger partial charge in [0.1, 0.15) is 18.0 Å². The smallest absolute Gasteiger partial charge is 0.139 e. The van der Waals surface area contributed by atoms with Crippen LogP contribution in [0.25, 0.3) is 0 Å². The Labute approximate surface area is 115 Å². The Balaban J connectivity index is 1.85. The molecule has 0 saturated carbocycles. The predicted octanol–water partition coefficient (Wildman–Crippen LogP) is 2.06. The van der Waals surface area contributed by atoms with Crippen LogP contribution in [-0.4, -0.2) is 41.2 Å². The summed E-state index contributed by atoms with van der Waals surface area (Å²) in [5, 5.41) is 3.47. The van der Waals surface area contributed by atoms with Gasteiger partial charge in [-0.3, -0.25) is 4.90 Å². The summed E-state index contributed by atoms with van der Waals surface area (Å²) in [6.07, 6.45) is 7.14. The van der Waals surface area contributed by atoms with Gasteiger partial charge in [0.05, 0.1) is 11.7 Å². The van der Waals surface area contributed by atoms with Crippen molar-refractivity contribution in [3.63, 3.8) is 0 Å². The molecule has 0 aliphatic carbocycles. The molecule has 0 aromatic carbocycles. The van der Waals surface area contributed by atoms with Crippen molar-refractivity contribution in [3.8, 4) is 0 Å². The van der Waals surface area contributed by atoms with Crippen LogP contribution < -0.4 is 10.2 Å². The molecular formula is C14H23N5. The quantitative estimate of drug-likeness (QED) is 0.841. The fourth-order valence-electron chi connectivity index (χ4n) is 3.16. The van der Waals surface area contributed by atoms with E-state index < -0.39 is 0 Å². The summed E-state index contributed by atoms with van der Waals surface area (Å²) in [7, 11) is 2.16. The van der Waals surface area contributed by atoms with E-state index in [9.17, 15) is 0 Å². The summed E-state index contributed by atoms with van der Waals surface area (Å²) >= 11 is 0. The van der Waals surface area contributed by atoms with Crippen LogP contribution in [0, 0.1) is 0 Å². The van der Waals surface area contributed by atoms with Gasteiger partial charge in [-0.15, -0.1) is 0 Å². The van der Waals surface area contributed by atoms with Crippen molar-refractivity contribution in [2.45, 2.75) is 45.3 Å². The molecule has 1 aromatic rings. The Bertz CT molecular complexity index is 447. The molecule has 19 heavy (non-hydrogen) atoms. The van der Waals surface area contributed by atoms with E-state index in [1.807, 2.05) is 0 Å². The van der Waals surface area contributed by atoms with Crippen LogP contribution in [0.3, 0.4) is 0 Å². The molecule has 1 fully saturated rings. The first-order chi connectivity index (χ1) is 9.31. The molecule has 5 nitrogen and oxygen atoms in total. The average molecular weight is 261 g/mol. The molecule has 2 aliphatic heterocycles. The van der Waals surface area contributed by atoms with E-state index in [0.717, 1.165) is 24.7 Å². The lowest BCUT2D eigenvalue weighted by Crippen LogP contribution is -2.47. The van der Waals surface area contributed by atoms with Crippen LogP contribution in [0.4, 0.5) is 11.6 Å². The lowest BCUT2D eigenvalue weighted by molar-refractivity contribution is 0.229. The molecule has 0 radical (unpaired) electrons. The summed E-state index contributed by atoms with van der Waals surface area (Å²) in [6.45, 7) is 5.38. The average Bonchev–Trinajstić information content (AvgIpc) is 2.89. The standard InChI is InChI=1S/C14H23N5/c1-3-4-7-15-13-11-9-19-8-5-6-12(19)18(2)14(11)17-10-16-13/h10,12H,3-9H2,1-2H3,(H,15,16,17). The van der Waals surface area contributed by atoms with Crippen LogP contribution >= 0.6 is 0 Å². The van der Waals surface area contributed by atoms with Crippen LogP contribution in [0.15, 0.2) is 6.33 Å². The van der Waals surface area contributed by atoms with Crippen molar-refractivity contribution in [1.82, 2.24) is 14.9 Å². The molecule has 1 N–H and O–H groups in total. The topological polar surface area (TPSA) is 44.3 Å². The number of hydrogen-bond acceptors (Lipinski definition) is 5. The molecule has 1 unspecified atom stereocenters. The van der Waals surface area contributed by atoms with Crippen molar-refractivity contribution in [2.24, 2.45) is 0 Å². The molecule has 104 valence electrons. The Hall–Kier alpha value is -1.36. The second-order valence-corrected chi connectivity index (χ2v) is 5.51. The predicted molar refractivity (Wildman–Crippen MR) is 77.3 cm³/mol. The molecule has 0 amide bonds. The summed E-state index contributed by atoms with van der Waals surface area (Å²) in [5.74, 6) is 2.13. The first-order valence-corrected chi connectivity index (χ1v) is 7.36. The molecule has 0 spiro atoms. The van der Waals surface area contributed by atoms with Crippen molar-refractivity contribution in [1.29, 1.82) is 0 Å². The van der Waals surface area contributed by atoms with Gasteiger partial charge in [0, 0.05) is 26.7 Å². The van der Waals surface area contributed by atoms with E-state index in [4.69, 9.17) is 0 Å². The van der Waals surface area contributed by atoms with Crippen molar-refractivity contribution >= 4 is 11.6 Å². The first kappa shape index (κ1) is 12.7. The maximum atomic E-state index is 4.50. The second kappa shape index (κ2) is 5.33. The maximum Gasteiger partial charge on any atom is 0.139 e. The van der Waals surface area contributed by atoms with E-state index in [1.165, 1.54) is 37.8 Å². The third-order valence-corrected chi connectivity index (χ3v) is 4.22. The van der Waals surface area contributed by atoms with E-state index >= 15 is 0 Å². The monoisotopic (exact) mass is 261 g/mol. The number of anilines is 2. The van der Waals surface area contributed by atoms with Crippen LogP contribution in [0.5, 0.6) is 0 Å². The minimum Gasteiger partial charge on any atom is -0.370 e. The SMILES string of the molecule is CCCCNc1ncnc2c1CN1CCCC1N2C. The minimum atomic E-state index is 0.533. The number of hydrogen-bond donors (Lipinski definition) is 1. The third kappa shape index (κ3) is 2.27. The van der Waals surface area contributed by atoms with E-state index in [1.54, 1.807) is 6.33 Å². The fourth-order valence-corrected chi connectivity index (χ4v) is 3.16. The van der Waals surface area contributed by atoms with E-state index in [-0.39, 0.29) is 0 Å². The normalized spacial score (nSPS) is 22.2. The molecule has 1 atom stereocenters. The molecule has 2 aliphatic rings. The number of aromatic nitrogens is 2. The van der Waals surface area contributed by atoms with Gasteiger partial charge in [-0.1, -0.05) is 13.3 Å². The summed E-state index contributed by atoms with van der Waals surface area (Å²) in [6, 6.07) is 0. The highest BCUT2D eigenvalue weighted by atomic mass is 15.4. The van der Waals surface area contributed by atoms with E-state index in [0.29, 0.717) is 6.17 Å². The van der Waals surface area contributed by atoms with Gasteiger partial charge in [-0.05, 0) is 19.3 Å². The van der Waals surface area contributed by atoms with Gasteiger partial charge in [0.25, 0.3) is 0 Å². The van der Waals surface area contributed by atoms with Gasteiger partial charge in [0.2, 0.25) is 0 Å². The zero-order valence-electron chi connectivity index (χ0n) is 11.9. The van der Waals surface area contributed by atoms with Gasteiger partial charge in [-0.2, -0.15) is 0 Å². The zero-order valence-corrected chi connectivity index (χ0v) is 11.9. The third-order valence-electron chi connectivity index (χ3n) is 4.22. The maximum absolute atomic E-state index is 4.50. The highest BCUT2D eigenvalue weighted by Gasteiger charge is 2.35. The lowest BCUT2D eigenvalue weighted by atomic mass is 10.1. The molecule has 1 saturated heterocycles. The number of nitrogens with zero attached hydrogens (tertiary/aromatic N) is 4. The summed E-state index contributed by atoms with van der Waals surface area (Å²) < 4.78 is 0. The van der Waals surface area contributed by atoms with Gasteiger partial charge in [-0.25, -0.2) is 9.97 Å². The highest BCUT2D eigenvalue weighted by molar-refractivity contribution is 5.60. The van der Waals surface area contributed by atoms with Gasteiger partial charge < -0.3 is 10.2 Å². The molecule has 3 heterocycles. The van der Waals surface area contributed by atoms with Crippen LogP contribution in [0.1, 0.15) is 38.2 Å². The minimum absolute atomic E-state index is 0.533. The number of unbranched alkanes of at least 4 members (excludes halogenated alkanes) is 1. The Morgan fingerprint density at radius 2 is 2.32 bits per heavy atom. The van der Waals surface area contributed by atoms with Crippen molar-refractivity contribution < 1.29 is 0 Å². The lowest BCUT2D eigenvalue weighted by Gasteiger charge is -2.39. The number of rotatable bonds is 4. The van der Waals surface area contributed by atoms with Crippen LogP contribution in [-0.2, 0) is 6.54 Å². The van der Waals surface area contributed by atoms with Crippen molar-refractivity contribution in [3.05, 3.63) is 11.9 Å². The second-order valence-electron chi connectivity index (χ2n) is 5.51. The summed E-state index contributed by atoms with van der Waals surface area (Å²) in [5.41, 5.74) is 1.26. The Morgan fingerprint density at radius 3 is 3.16 bits per heavy atom. The largest absolute Gasteiger partial charge is 0.370 e. The van der Waals surface area contributed by atoms with Crippen molar-refractivity contribution in [2.75, 3.05) is 30.4 Å². The molecule has 1 aromatic heterocycles. The number of nitrogens with one attached hydrogen (secondary N) is 1. The van der Waals surface area contributed by atoms with Gasteiger partial charge in [0.15, 0.2) is 0 Å². The van der Waals surface area contributed by atoms with Gasteiger partial charge >= 0.3 is 0 Å². The van der Waals surface area contributed by atoms with E-state index in [2.05, 4.69) is 39.1 Å². The Kier molecular flexibility index (Phi) is 3.55.